The maximum atomic E-state index is 11.8. The van der Waals surface area contributed by atoms with Gasteiger partial charge in [-0.2, -0.15) is 0 Å². The summed E-state index contributed by atoms with van der Waals surface area (Å²) in [6, 6.07) is 5.14. The molecule has 1 heterocycles. The van der Waals surface area contributed by atoms with Crippen molar-refractivity contribution in [2.24, 2.45) is 0 Å². The lowest BCUT2D eigenvalue weighted by Crippen LogP contribution is -2.05. The van der Waals surface area contributed by atoms with Crippen LogP contribution in [0.5, 0.6) is 0 Å². The van der Waals surface area contributed by atoms with E-state index in [0.717, 1.165) is 0 Å². The molecule has 0 aliphatic rings. The summed E-state index contributed by atoms with van der Waals surface area (Å²) < 4.78 is 10.5. The second-order valence-electron chi connectivity index (χ2n) is 3.97. The molecule has 0 spiro atoms. The van der Waals surface area contributed by atoms with Crippen molar-refractivity contribution in [3.05, 3.63) is 39.7 Å². The number of halogens is 2. The molecule has 6 heteroatoms. The smallest absolute Gasteiger partial charge is 0.376 e. The van der Waals surface area contributed by atoms with Crippen molar-refractivity contribution >= 4 is 29.2 Å². The Morgan fingerprint density at radius 2 is 2.10 bits per heavy atom. The summed E-state index contributed by atoms with van der Waals surface area (Å²) >= 11 is 12.1. The Kier molecular flexibility index (Phi) is 4.68. The molecule has 0 fully saturated rings. The molecule has 20 heavy (non-hydrogen) atoms. The molecular formula is C14H13Cl2NO3. The van der Waals surface area contributed by atoms with Gasteiger partial charge in [0.25, 0.3) is 0 Å². The summed E-state index contributed by atoms with van der Waals surface area (Å²) in [5, 5.41) is 0.742. The van der Waals surface area contributed by atoms with Gasteiger partial charge in [-0.05, 0) is 25.5 Å². The van der Waals surface area contributed by atoms with Gasteiger partial charge in [0.15, 0.2) is 0 Å². The highest BCUT2D eigenvalue weighted by atomic mass is 35.5. The summed E-state index contributed by atoms with van der Waals surface area (Å²) in [4.78, 5) is 16.1. The molecule has 0 radical (unpaired) electrons. The van der Waals surface area contributed by atoms with E-state index in [1.807, 2.05) is 6.92 Å². The third-order valence-corrected chi connectivity index (χ3v) is 3.49. The lowest BCUT2D eigenvalue weighted by molar-refractivity contribution is 0.0489. The highest BCUT2D eigenvalue weighted by molar-refractivity contribution is 6.43. The number of aromatic nitrogens is 1. The normalized spacial score (nSPS) is 10.6. The van der Waals surface area contributed by atoms with Gasteiger partial charge in [-0.3, -0.25) is 0 Å². The maximum Gasteiger partial charge on any atom is 0.376 e. The summed E-state index contributed by atoms with van der Waals surface area (Å²) in [6.07, 6.45) is 0.551. The Morgan fingerprint density at radius 3 is 2.75 bits per heavy atom. The summed E-state index contributed by atoms with van der Waals surface area (Å²) in [6.45, 7) is 3.88. The van der Waals surface area contributed by atoms with Crippen molar-refractivity contribution in [3.8, 4) is 11.5 Å². The standard InChI is InChI=1S/C14H13Cl2NO3/c1-3-10-12(14(18)19-4-2)20-13(17-10)8-6-5-7-9(15)11(8)16/h5-7H,3-4H2,1-2H3. The average Bonchev–Trinajstić information content (AvgIpc) is 2.86. The third kappa shape index (κ3) is 2.81. The molecule has 2 aromatic rings. The summed E-state index contributed by atoms with van der Waals surface area (Å²) in [5.74, 6) is -0.154. The zero-order chi connectivity index (χ0) is 14.7. The Hall–Kier alpha value is -1.52. The molecule has 0 saturated carbocycles. The first-order valence-electron chi connectivity index (χ1n) is 6.19. The van der Waals surface area contributed by atoms with E-state index in [1.54, 1.807) is 25.1 Å². The van der Waals surface area contributed by atoms with Crippen LogP contribution in [0.2, 0.25) is 10.0 Å². The Bertz CT molecular complexity index is 637. The summed E-state index contributed by atoms with van der Waals surface area (Å²) in [5.41, 5.74) is 1.08. The minimum atomic E-state index is -0.527. The highest BCUT2D eigenvalue weighted by Crippen LogP contribution is 2.34. The molecule has 0 atom stereocenters. The van der Waals surface area contributed by atoms with Crippen LogP contribution in [0.4, 0.5) is 0 Å². The Balaban J connectivity index is 2.49. The van der Waals surface area contributed by atoms with Crippen LogP contribution in [0.25, 0.3) is 11.5 Å². The zero-order valence-electron chi connectivity index (χ0n) is 11.1. The zero-order valence-corrected chi connectivity index (χ0v) is 12.6. The van der Waals surface area contributed by atoms with Crippen LogP contribution in [-0.2, 0) is 11.2 Å². The maximum absolute atomic E-state index is 11.8. The van der Waals surface area contributed by atoms with Crippen molar-refractivity contribution in [3.63, 3.8) is 0 Å². The molecule has 106 valence electrons. The number of carbonyl (C=O) groups excluding carboxylic acids is 1. The van der Waals surface area contributed by atoms with E-state index in [1.165, 1.54) is 0 Å². The highest BCUT2D eigenvalue weighted by Gasteiger charge is 2.22. The molecule has 4 nitrogen and oxygen atoms in total. The number of aryl methyl sites for hydroxylation is 1. The molecule has 0 saturated heterocycles. The van der Waals surface area contributed by atoms with E-state index >= 15 is 0 Å². The van der Waals surface area contributed by atoms with Crippen molar-refractivity contribution in [2.75, 3.05) is 6.61 Å². The first kappa shape index (κ1) is 14.9. The van der Waals surface area contributed by atoms with E-state index in [4.69, 9.17) is 32.4 Å². The molecule has 0 N–H and O–H groups in total. The predicted molar refractivity (Wildman–Crippen MR) is 77.3 cm³/mol. The first-order chi connectivity index (χ1) is 9.58. The van der Waals surface area contributed by atoms with Crippen LogP contribution < -0.4 is 0 Å². The number of oxazole rings is 1. The molecule has 1 aromatic carbocycles. The number of hydrogen-bond acceptors (Lipinski definition) is 4. The number of benzene rings is 1. The number of carbonyl (C=O) groups is 1. The topological polar surface area (TPSA) is 52.3 Å². The molecule has 0 aliphatic heterocycles. The SMILES string of the molecule is CCOC(=O)c1oc(-c2cccc(Cl)c2Cl)nc1CC. The number of rotatable bonds is 4. The van der Waals surface area contributed by atoms with Gasteiger partial charge in [0.2, 0.25) is 11.7 Å². The molecule has 0 unspecified atom stereocenters. The van der Waals surface area contributed by atoms with Gasteiger partial charge in [0.1, 0.15) is 0 Å². The fourth-order valence-corrected chi connectivity index (χ4v) is 2.11. The molecular weight excluding hydrogens is 301 g/mol. The molecule has 2 rings (SSSR count). The number of hydrogen-bond donors (Lipinski definition) is 0. The van der Waals surface area contributed by atoms with Crippen LogP contribution in [0.1, 0.15) is 30.1 Å². The van der Waals surface area contributed by atoms with E-state index < -0.39 is 5.97 Å². The van der Waals surface area contributed by atoms with E-state index in [0.29, 0.717) is 27.7 Å². The van der Waals surface area contributed by atoms with Crippen LogP contribution in [0, 0.1) is 0 Å². The van der Waals surface area contributed by atoms with Crippen molar-refractivity contribution < 1.29 is 13.9 Å². The second-order valence-corrected chi connectivity index (χ2v) is 4.76. The van der Waals surface area contributed by atoms with E-state index in [9.17, 15) is 4.79 Å². The molecule has 0 bridgehead atoms. The predicted octanol–water partition coefficient (Wildman–Crippen LogP) is 4.39. The Labute approximate surface area is 126 Å². The largest absolute Gasteiger partial charge is 0.460 e. The van der Waals surface area contributed by atoms with Gasteiger partial charge < -0.3 is 9.15 Å². The fourth-order valence-electron chi connectivity index (χ4n) is 1.73. The van der Waals surface area contributed by atoms with Crippen molar-refractivity contribution in [2.45, 2.75) is 20.3 Å². The summed E-state index contributed by atoms with van der Waals surface area (Å²) in [7, 11) is 0. The first-order valence-corrected chi connectivity index (χ1v) is 6.95. The number of nitrogens with zero attached hydrogens (tertiary/aromatic N) is 1. The lowest BCUT2D eigenvalue weighted by atomic mass is 10.2. The van der Waals surface area contributed by atoms with Gasteiger partial charge in [0, 0.05) is 0 Å². The molecule has 0 aliphatic carbocycles. The number of ether oxygens (including phenoxy) is 1. The van der Waals surface area contributed by atoms with Crippen LogP contribution in [-0.4, -0.2) is 17.6 Å². The minimum absolute atomic E-state index is 0.111. The van der Waals surface area contributed by atoms with E-state index in [-0.39, 0.29) is 18.3 Å². The minimum Gasteiger partial charge on any atom is -0.460 e. The van der Waals surface area contributed by atoms with Gasteiger partial charge in [-0.25, -0.2) is 9.78 Å². The third-order valence-electron chi connectivity index (χ3n) is 2.68. The number of esters is 1. The fraction of sp³-hybridized carbons (Fsp3) is 0.286. The van der Waals surface area contributed by atoms with Crippen molar-refractivity contribution in [1.82, 2.24) is 4.98 Å². The second kappa shape index (κ2) is 6.29. The van der Waals surface area contributed by atoms with Gasteiger partial charge >= 0.3 is 5.97 Å². The van der Waals surface area contributed by atoms with Crippen molar-refractivity contribution in [1.29, 1.82) is 0 Å². The average molecular weight is 314 g/mol. The van der Waals surface area contributed by atoms with Crippen LogP contribution in [0.3, 0.4) is 0 Å². The van der Waals surface area contributed by atoms with E-state index in [2.05, 4.69) is 4.98 Å². The molecule has 1 aromatic heterocycles. The van der Waals surface area contributed by atoms with Gasteiger partial charge in [-0.15, -0.1) is 0 Å². The quantitative estimate of drug-likeness (QED) is 0.786. The van der Waals surface area contributed by atoms with Gasteiger partial charge in [0.05, 0.1) is 27.9 Å². The lowest BCUT2D eigenvalue weighted by Gasteiger charge is -2.01. The molecule has 0 amide bonds. The van der Waals surface area contributed by atoms with Crippen LogP contribution in [0.15, 0.2) is 22.6 Å². The Morgan fingerprint density at radius 1 is 1.35 bits per heavy atom. The monoisotopic (exact) mass is 313 g/mol. The van der Waals surface area contributed by atoms with Crippen LogP contribution >= 0.6 is 23.2 Å². The van der Waals surface area contributed by atoms with Gasteiger partial charge in [-0.1, -0.05) is 36.2 Å².